The highest BCUT2D eigenvalue weighted by atomic mass is 16.6. The number of amides is 1. The van der Waals surface area contributed by atoms with Crippen LogP contribution in [0.1, 0.15) is 31.0 Å². The van der Waals surface area contributed by atoms with E-state index < -0.39 is 4.92 Å². The summed E-state index contributed by atoms with van der Waals surface area (Å²) in [4.78, 5) is 24.3. The molecule has 0 fully saturated rings. The van der Waals surface area contributed by atoms with E-state index in [0.717, 1.165) is 5.56 Å². The zero-order valence-electron chi connectivity index (χ0n) is 14.6. The number of benzene rings is 2. The quantitative estimate of drug-likeness (QED) is 0.561. The number of nitrogens with zero attached hydrogens (tertiary/aromatic N) is 3. The predicted octanol–water partition coefficient (Wildman–Crippen LogP) is 3.45. The summed E-state index contributed by atoms with van der Waals surface area (Å²) < 4.78 is 5.45. The number of hydrogen-bond donors (Lipinski definition) is 0. The Labute approximate surface area is 151 Å². The molecule has 0 aliphatic rings. The van der Waals surface area contributed by atoms with Gasteiger partial charge in [0.05, 0.1) is 22.6 Å². The topological polar surface area (TPSA) is 96.5 Å². The van der Waals surface area contributed by atoms with Crippen molar-refractivity contribution in [2.45, 2.75) is 19.9 Å². The van der Waals surface area contributed by atoms with E-state index >= 15 is 0 Å². The molecule has 0 saturated carbocycles. The molecule has 1 atom stereocenters. The van der Waals surface area contributed by atoms with Gasteiger partial charge in [-0.25, -0.2) is 0 Å². The number of nitriles is 1. The van der Waals surface area contributed by atoms with Crippen LogP contribution >= 0.6 is 0 Å². The van der Waals surface area contributed by atoms with Crippen molar-refractivity contribution in [2.24, 2.45) is 0 Å². The van der Waals surface area contributed by atoms with Crippen LogP contribution in [0.2, 0.25) is 0 Å². The Kier molecular flexibility index (Phi) is 6.28. The zero-order valence-corrected chi connectivity index (χ0v) is 14.6. The van der Waals surface area contributed by atoms with Gasteiger partial charge in [0.2, 0.25) is 0 Å². The first-order valence-corrected chi connectivity index (χ1v) is 8.13. The Morgan fingerprint density at radius 1 is 1.23 bits per heavy atom. The van der Waals surface area contributed by atoms with Crippen LogP contribution in [0.5, 0.6) is 5.75 Å². The lowest BCUT2D eigenvalue weighted by Crippen LogP contribution is -2.36. The molecule has 0 heterocycles. The molecule has 26 heavy (non-hydrogen) atoms. The number of nitro benzene ring substituents is 1. The summed E-state index contributed by atoms with van der Waals surface area (Å²) in [6.07, 6.45) is 0. The highest BCUT2D eigenvalue weighted by Gasteiger charge is 2.20. The van der Waals surface area contributed by atoms with Crippen molar-refractivity contribution in [2.75, 3.05) is 13.2 Å². The van der Waals surface area contributed by atoms with Crippen molar-refractivity contribution < 1.29 is 14.5 Å². The number of ether oxygens (including phenoxy) is 1. The van der Waals surface area contributed by atoms with E-state index in [0.29, 0.717) is 17.9 Å². The lowest BCUT2D eigenvalue weighted by molar-refractivity contribution is -0.384. The second-order valence-corrected chi connectivity index (χ2v) is 5.63. The average Bonchev–Trinajstić information content (AvgIpc) is 2.67. The van der Waals surface area contributed by atoms with E-state index in [4.69, 9.17) is 10.00 Å². The number of likely N-dealkylation sites (N-methyl/N-ethyl adjacent to an activating group) is 1. The Balaban J connectivity index is 2.00. The molecule has 2 rings (SSSR count). The van der Waals surface area contributed by atoms with Crippen LogP contribution in [-0.2, 0) is 4.79 Å². The minimum absolute atomic E-state index is 0.0340. The largest absolute Gasteiger partial charge is 0.484 e. The summed E-state index contributed by atoms with van der Waals surface area (Å²) in [5, 5.41) is 19.5. The third kappa shape index (κ3) is 4.57. The van der Waals surface area contributed by atoms with E-state index in [1.54, 1.807) is 17.0 Å². The second-order valence-electron chi connectivity index (χ2n) is 5.63. The molecule has 7 heteroatoms. The lowest BCUT2D eigenvalue weighted by atomic mass is 10.0. The first kappa shape index (κ1) is 18.9. The molecule has 0 aromatic heterocycles. The Hall–Kier alpha value is -3.40. The van der Waals surface area contributed by atoms with Gasteiger partial charge in [-0.2, -0.15) is 5.26 Å². The smallest absolute Gasteiger partial charge is 0.269 e. The normalized spacial score (nSPS) is 11.3. The summed E-state index contributed by atoms with van der Waals surface area (Å²) in [6, 6.07) is 14.6. The molecule has 134 valence electrons. The van der Waals surface area contributed by atoms with Gasteiger partial charge in [-0.05, 0) is 43.7 Å². The maximum atomic E-state index is 12.5. The van der Waals surface area contributed by atoms with Crippen LogP contribution in [0.25, 0.3) is 0 Å². The van der Waals surface area contributed by atoms with Gasteiger partial charge in [-0.1, -0.05) is 12.1 Å². The molecule has 0 radical (unpaired) electrons. The van der Waals surface area contributed by atoms with Crippen molar-refractivity contribution >= 4 is 11.6 Å². The summed E-state index contributed by atoms with van der Waals surface area (Å²) in [6.45, 7) is 4.13. The van der Waals surface area contributed by atoms with Crippen LogP contribution in [-0.4, -0.2) is 28.9 Å². The van der Waals surface area contributed by atoms with Crippen molar-refractivity contribution in [3.8, 4) is 11.8 Å². The maximum Gasteiger partial charge on any atom is 0.269 e. The number of rotatable bonds is 7. The summed E-state index contributed by atoms with van der Waals surface area (Å²) in [7, 11) is 0. The summed E-state index contributed by atoms with van der Waals surface area (Å²) in [5.74, 6) is 0.203. The molecule has 2 aromatic rings. The van der Waals surface area contributed by atoms with E-state index in [1.165, 1.54) is 24.3 Å². The molecular weight excluding hydrogens is 334 g/mol. The maximum absolute atomic E-state index is 12.5. The first-order valence-electron chi connectivity index (χ1n) is 8.13. The van der Waals surface area contributed by atoms with Crippen LogP contribution in [0.3, 0.4) is 0 Å². The van der Waals surface area contributed by atoms with Crippen molar-refractivity contribution in [1.82, 2.24) is 4.90 Å². The molecule has 1 unspecified atom stereocenters. The van der Waals surface area contributed by atoms with Crippen molar-refractivity contribution in [1.29, 1.82) is 5.26 Å². The second kappa shape index (κ2) is 8.62. The first-order chi connectivity index (χ1) is 12.5. The minimum atomic E-state index is -0.493. The average molecular weight is 353 g/mol. The molecule has 0 aliphatic heterocycles. The number of non-ortho nitro benzene ring substituents is 1. The third-order valence-corrected chi connectivity index (χ3v) is 4.06. The van der Waals surface area contributed by atoms with E-state index in [2.05, 4.69) is 6.07 Å². The molecule has 0 bridgehead atoms. The van der Waals surface area contributed by atoms with E-state index in [1.807, 2.05) is 26.0 Å². The monoisotopic (exact) mass is 353 g/mol. The van der Waals surface area contributed by atoms with Crippen molar-refractivity contribution in [3.05, 3.63) is 69.8 Å². The molecule has 2 aromatic carbocycles. The van der Waals surface area contributed by atoms with Gasteiger partial charge in [0.15, 0.2) is 6.61 Å². The van der Waals surface area contributed by atoms with Gasteiger partial charge < -0.3 is 9.64 Å². The van der Waals surface area contributed by atoms with Crippen LogP contribution < -0.4 is 4.74 Å². The molecule has 0 N–H and O–H groups in total. The SMILES string of the molecule is CCN(C(=O)COc1ccc([N+](=O)[O-])cc1)C(C)c1ccc(C#N)cc1. The van der Waals surface area contributed by atoms with Gasteiger partial charge in [-0.3, -0.25) is 14.9 Å². The third-order valence-electron chi connectivity index (χ3n) is 4.06. The minimum Gasteiger partial charge on any atom is -0.484 e. The predicted molar refractivity (Wildman–Crippen MR) is 95.6 cm³/mol. The molecule has 0 saturated heterocycles. The summed E-state index contributed by atoms with van der Waals surface area (Å²) >= 11 is 0. The molecule has 7 nitrogen and oxygen atoms in total. The van der Waals surface area contributed by atoms with E-state index in [-0.39, 0.29) is 24.2 Å². The van der Waals surface area contributed by atoms with Crippen LogP contribution in [0.15, 0.2) is 48.5 Å². The zero-order chi connectivity index (χ0) is 19.1. The number of hydrogen-bond acceptors (Lipinski definition) is 5. The molecule has 0 aliphatic carbocycles. The van der Waals surface area contributed by atoms with Crippen LogP contribution in [0, 0.1) is 21.4 Å². The number of carbonyl (C=O) groups excluding carboxylic acids is 1. The fourth-order valence-corrected chi connectivity index (χ4v) is 2.57. The number of nitro groups is 1. The number of carbonyl (C=O) groups is 1. The van der Waals surface area contributed by atoms with Gasteiger partial charge >= 0.3 is 0 Å². The van der Waals surface area contributed by atoms with Gasteiger partial charge in [0.1, 0.15) is 5.75 Å². The lowest BCUT2D eigenvalue weighted by Gasteiger charge is -2.28. The Morgan fingerprint density at radius 3 is 2.35 bits per heavy atom. The van der Waals surface area contributed by atoms with Gasteiger partial charge in [-0.15, -0.1) is 0 Å². The molecular formula is C19H19N3O4. The fraction of sp³-hybridized carbons (Fsp3) is 0.263. The summed E-state index contributed by atoms with van der Waals surface area (Å²) in [5.41, 5.74) is 1.46. The fourth-order valence-electron chi connectivity index (χ4n) is 2.57. The highest BCUT2D eigenvalue weighted by Crippen LogP contribution is 2.21. The van der Waals surface area contributed by atoms with Crippen LogP contribution in [0.4, 0.5) is 5.69 Å². The Bertz CT molecular complexity index is 810. The standard InChI is InChI=1S/C19H19N3O4/c1-3-21(14(2)16-6-4-15(12-20)5-7-16)19(23)13-26-18-10-8-17(9-11-18)22(24)25/h4-11,14H,3,13H2,1-2H3. The van der Waals surface area contributed by atoms with Gasteiger partial charge in [0, 0.05) is 18.7 Å². The van der Waals surface area contributed by atoms with Gasteiger partial charge in [0.25, 0.3) is 11.6 Å². The van der Waals surface area contributed by atoms with Crippen molar-refractivity contribution in [3.63, 3.8) is 0 Å². The highest BCUT2D eigenvalue weighted by molar-refractivity contribution is 5.78. The molecule has 0 spiro atoms. The molecule has 1 amide bonds. The Morgan fingerprint density at radius 2 is 1.85 bits per heavy atom. The van der Waals surface area contributed by atoms with E-state index in [9.17, 15) is 14.9 Å².